The Bertz CT molecular complexity index is 1060. The van der Waals surface area contributed by atoms with Crippen LogP contribution in [0.2, 0.25) is 0 Å². The Morgan fingerprint density at radius 3 is 1.26 bits per heavy atom. The molecule has 8 aliphatic rings. The molecule has 0 aromatic carbocycles. The average Bonchev–Trinajstić information content (AvgIpc) is 3.72. The summed E-state index contributed by atoms with van der Waals surface area (Å²) in [6.45, 7) is 9.69. The second-order valence-electron chi connectivity index (χ2n) is 19.8. The van der Waals surface area contributed by atoms with Gasteiger partial charge in [0, 0.05) is 61.8 Å². The highest BCUT2D eigenvalue weighted by Crippen LogP contribution is 2.51. The maximum absolute atomic E-state index is 5.43. The predicted octanol–water partition coefficient (Wildman–Crippen LogP) is 10.8. The molecule has 300 valence electrons. The maximum Gasteiger partial charge on any atom is 0.0470 e. The van der Waals surface area contributed by atoms with Crippen LogP contribution in [-0.4, -0.2) is 94.7 Å². The second-order valence-corrected chi connectivity index (χ2v) is 19.8. The molecule has 0 aromatic heterocycles. The van der Waals surface area contributed by atoms with Crippen LogP contribution in [0.3, 0.4) is 0 Å². The van der Waals surface area contributed by atoms with E-state index in [4.69, 9.17) is 10.2 Å². The molecule has 6 nitrogen and oxygen atoms in total. The first kappa shape index (κ1) is 38.7. The van der Waals surface area contributed by atoms with Gasteiger partial charge in [-0.25, -0.2) is 0 Å². The number of hydrazone groups is 2. The smallest absolute Gasteiger partial charge is 0.0470 e. The first-order valence-electron chi connectivity index (χ1n) is 24.3. The Hall–Kier alpha value is -1.14. The molecule has 6 aliphatic carbocycles. The first-order chi connectivity index (χ1) is 26.2. The van der Waals surface area contributed by atoms with E-state index in [0.717, 1.165) is 60.9 Å². The van der Waals surface area contributed by atoms with E-state index in [0.29, 0.717) is 23.9 Å². The molecule has 10 unspecified atom stereocenters. The van der Waals surface area contributed by atoms with Crippen LogP contribution in [0.5, 0.6) is 0 Å². The van der Waals surface area contributed by atoms with Gasteiger partial charge in [-0.3, -0.25) is 19.8 Å². The molecule has 0 aromatic rings. The lowest BCUT2D eigenvalue weighted by Gasteiger charge is -2.36. The van der Waals surface area contributed by atoms with Crippen molar-refractivity contribution < 1.29 is 0 Å². The lowest BCUT2D eigenvalue weighted by Crippen LogP contribution is -2.40. The van der Waals surface area contributed by atoms with Crippen molar-refractivity contribution in [3.05, 3.63) is 0 Å². The van der Waals surface area contributed by atoms with Crippen molar-refractivity contribution in [1.29, 1.82) is 0 Å². The van der Waals surface area contributed by atoms with Crippen molar-refractivity contribution in [3.63, 3.8) is 0 Å². The minimum Gasteiger partial charge on any atom is -0.297 e. The monoisotopic (exact) mass is 731 g/mol. The van der Waals surface area contributed by atoms with E-state index in [2.05, 4.69) is 46.1 Å². The largest absolute Gasteiger partial charge is 0.297 e. The van der Waals surface area contributed by atoms with Crippen molar-refractivity contribution in [3.8, 4) is 0 Å². The van der Waals surface area contributed by atoms with Gasteiger partial charge in [0.2, 0.25) is 0 Å². The summed E-state index contributed by atoms with van der Waals surface area (Å²) < 4.78 is 0. The van der Waals surface area contributed by atoms with Crippen molar-refractivity contribution in [2.75, 3.05) is 26.2 Å². The quantitative estimate of drug-likeness (QED) is 0.101. The van der Waals surface area contributed by atoms with Crippen LogP contribution in [0.15, 0.2) is 10.2 Å². The van der Waals surface area contributed by atoms with Gasteiger partial charge in [-0.15, -0.1) is 0 Å². The summed E-state index contributed by atoms with van der Waals surface area (Å²) in [5.41, 5.74) is 0. The maximum atomic E-state index is 5.43. The first-order valence-corrected chi connectivity index (χ1v) is 24.3. The third kappa shape index (κ3) is 8.89. The van der Waals surface area contributed by atoms with Gasteiger partial charge in [0.15, 0.2) is 0 Å². The molecule has 0 radical (unpaired) electrons. The summed E-state index contributed by atoms with van der Waals surface area (Å²) in [5, 5.41) is 16.1. The molecule has 2 saturated heterocycles. The molecular weight excluding hydrogens is 649 g/mol. The van der Waals surface area contributed by atoms with Crippen molar-refractivity contribution >= 4 is 12.4 Å². The predicted molar refractivity (Wildman–Crippen MR) is 223 cm³/mol. The van der Waals surface area contributed by atoms with E-state index >= 15 is 0 Å². The zero-order valence-corrected chi connectivity index (χ0v) is 34.7. The highest BCUT2D eigenvalue weighted by atomic mass is 15.5. The highest BCUT2D eigenvalue weighted by Gasteiger charge is 2.51. The van der Waals surface area contributed by atoms with Crippen LogP contribution in [0.4, 0.5) is 0 Å². The van der Waals surface area contributed by atoms with E-state index < -0.39 is 0 Å². The molecule has 0 N–H and O–H groups in total. The highest BCUT2D eigenvalue weighted by molar-refractivity contribution is 5.61. The second kappa shape index (κ2) is 18.9. The molecular formula is C47H82N6. The van der Waals surface area contributed by atoms with Gasteiger partial charge >= 0.3 is 0 Å². The van der Waals surface area contributed by atoms with Crippen LogP contribution in [0.25, 0.3) is 0 Å². The molecule has 0 spiro atoms. The van der Waals surface area contributed by atoms with Crippen LogP contribution in [0, 0.1) is 35.5 Å². The summed E-state index contributed by atoms with van der Waals surface area (Å²) in [7, 11) is 0. The topological polar surface area (TPSA) is 37.7 Å². The zero-order chi connectivity index (χ0) is 36.0. The molecule has 6 heteroatoms. The van der Waals surface area contributed by atoms with E-state index in [1.54, 1.807) is 0 Å². The summed E-state index contributed by atoms with van der Waals surface area (Å²) in [5.74, 6) is 5.18. The molecule has 0 amide bonds. The third-order valence-electron chi connectivity index (χ3n) is 17.0. The zero-order valence-electron chi connectivity index (χ0n) is 34.7. The fraction of sp³-hybridized carbons (Fsp3) is 0.957. The van der Waals surface area contributed by atoms with E-state index in [9.17, 15) is 0 Å². The number of unbranched alkanes of at least 4 members (excludes halogenated alkanes) is 2. The van der Waals surface area contributed by atoms with Crippen molar-refractivity contribution in [1.82, 2.24) is 19.8 Å². The van der Waals surface area contributed by atoms with Gasteiger partial charge in [-0.1, -0.05) is 78.1 Å². The van der Waals surface area contributed by atoms with Crippen LogP contribution in [0.1, 0.15) is 187 Å². The minimum absolute atomic E-state index is 0.674. The summed E-state index contributed by atoms with van der Waals surface area (Å²) in [4.78, 5) is 5.89. The van der Waals surface area contributed by atoms with Crippen LogP contribution >= 0.6 is 0 Å². The van der Waals surface area contributed by atoms with Gasteiger partial charge in [-0.2, -0.15) is 10.2 Å². The standard InChI is InChI=1S/C47H82N6/c1-3-50-44-24-14-12-22-40(44)42-32-36(26-28-46(42)50)34-48-52(38-18-8-5-9-19-38)30-16-7-17-31-53(39-20-10-6-11-21-39)49-35-37-27-29-47-43(33-37)41-23-13-15-25-45(41)51(47)4-2/h34-47H,3-33H2,1-2H3/b48-34+,49-35+. The SMILES string of the molecule is CCN1C2CCCCC2C2CC(/C=N/N(CCCCCN(/N=C/C3CCC4C(C3)C3CCCCC3N4CC)C3CCCCC3)C3CCCCC3)CCC21. The normalized spacial score (nSPS) is 38.9. The molecule has 0 bridgehead atoms. The Balaban J connectivity index is 0.839. The summed E-state index contributed by atoms with van der Waals surface area (Å²) in [6.07, 6.45) is 42.8. The lowest BCUT2D eigenvalue weighted by atomic mass is 9.70. The molecule has 2 heterocycles. The van der Waals surface area contributed by atoms with Crippen LogP contribution < -0.4 is 0 Å². The fourth-order valence-corrected chi connectivity index (χ4v) is 14.5. The Morgan fingerprint density at radius 1 is 0.434 bits per heavy atom. The Kier molecular flexibility index (Phi) is 13.8. The van der Waals surface area contributed by atoms with Crippen LogP contribution in [-0.2, 0) is 0 Å². The van der Waals surface area contributed by atoms with E-state index in [1.807, 2.05) is 0 Å². The number of likely N-dealkylation sites (tertiary alicyclic amines) is 2. The number of nitrogens with zero attached hydrogens (tertiary/aromatic N) is 6. The van der Waals surface area contributed by atoms with E-state index in [-0.39, 0.29) is 0 Å². The van der Waals surface area contributed by atoms with E-state index in [1.165, 1.54) is 186 Å². The van der Waals surface area contributed by atoms with Crippen molar-refractivity contribution in [2.45, 2.75) is 223 Å². The molecule has 10 atom stereocenters. The van der Waals surface area contributed by atoms with Gasteiger partial charge in [0.1, 0.15) is 0 Å². The minimum atomic E-state index is 0.674. The number of hydrogen-bond donors (Lipinski definition) is 0. The number of fused-ring (bicyclic) bond motifs is 6. The summed E-state index contributed by atoms with van der Waals surface area (Å²) in [6, 6.07) is 4.86. The van der Waals surface area contributed by atoms with Gasteiger partial charge in [0.05, 0.1) is 0 Å². The molecule has 2 aliphatic heterocycles. The molecule has 8 rings (SSSR count). The van der Waals surface area contributed by atoms with Crippen molar-refractivity contribution in [2.24, 2.45) is 45.7 Å². The number of hydrogen-bond acceptors (Lipinski definition) is 6. The Morgan fingerprint density at radius 2 is 0.830 bits per heavy atom. The summed E-state index contributed by atoms with van der Waals surface area (Å²) >= 11 is 0. The van der Waals surface area contributed by atoms with Gasteiger partial charge in [-0.05, 0) is 158 Å². The average molecular weight is 731 g/mol. The number of rotatable bonds is 14. The molecule has 8 fully saturated rings. The van der Waals surface area contributed by atoms with Gasteiger partial charge in [0.25, 0.3) is 0 Å². The fourth-order valence-electron chi connectivity index (χ4n) is 14.5. The Labute approximate surface area is 326 Å². The third-order valence-corrected chi connectivity index (χ3v) is 17.0. The van der Waals surface area contributed by atoms with Gasteiger partial charge < -0.3 is 0 Å². The molecule has 53 heavy (non-hydrogen) atoms. The lowest BCUT2D eigenvalue weighted by molar-refractivity contribution is 0.138. The molecule has 6 saturated carbocycles.